The molecular formula is C14H13N3OS. The van der Waals surface area contributed by atoms with Crippen molar-refractivity contribution in [1.82, 2.24) is 10.4 Å². The van der Waals surface area contributed by atoms with Crippen LogP contribution in [-0.4, -0.2) is 22.9 Å². The highest BCUT2D eigenvalue weighted by Crippen LogP contribution is 2.15. The van der Waals surface area contributed by atoms with Gasteiger partial charge in [0, 0.05) is 11.1 Å². The first-order chi connectivity index (χ1) is 9.34. The number of thioether (sulfide) groups is 1. The van der Waals surface area contributed by atoms with Crippen molar-refractivity contribution in [3.05, 3.63) is 60.4 Å². The first-order valence-corrected chi connectivity index (χ1v) is 6.74. The van der Waals surface area contributed by atoms with Crippen molar-refractivity contribution in [2.24, 2.45) is 5.10 Å². The average molecular weight is 271 g/mol. The number of hydrogen-bond acceptors (Lipinski definition) is 4. The second-order valence-electron chi connectivity index (χ2n) is 3.65. The molecule has 0 aliphatic carbocycles. The lowest BCUT2D eigenvalue weighted by Crippen LogP contribution is -2.19. The highest BCUT2D eigenvalue weighted by Gasteiger charge is 2.00. The molecule has 0 atom stereocenters. The lowest BCUT2D eigenvalue weighted by molar-refractivity contribution is -0.118. The minimum Gasteiger partial charge on any atom is -0.272 e. The van der Waals surface area contributed by atoms with Gasteiger partial charge in [0.25, 0.3) is 0 Å². The number of aromatic nitrogens is 1. The van der Waals surface area contributed by atoms with Crippen LogP contribution in [0.15, 0.2) is 64.7 Å². The molecule has 0 spiro atoms. The Morgan fingerprint density at radius 2 is 2.00 bits per heavy atom. The Labute approximate surface area is 116 Å². The topological polar surface area (TPSA) is 54.4 Å². The molecule has 1 aromatic heterocycles. The Bertz CT molecular complexity index is 543. The Balaban J connectivity index is 1.75. The van der Waals surface area contributed by atoms with Crippen LogP contribution in [0.2, 0.25) is 0 Å². The average Bonchev–Trinajstić information content (AvgIpc) is 2.47. The zero-order valence-corrected chi connectivity index (χ0v) is 11.0. The summed E-state index contributed by atoms with van der Waals surface area (Å²) < 4.78 is 0. The quantitative estimate of drug-likeness (QED) is 0.516. The Hall–Kier alpha value is -2.14. The first-order valence-electron chi connectivity index (χ1n) is 5.75. The van der Waals surface area contributed by atoms with Crippen LogP contribution in [0.4, 0.5) is 0 Å². The molecule has 0 bridgehead atoms. The zero-order chi connectivity index (χ0) is 13.3. The molecule has 96 valence electrons. The number of hydrogen-bond donors (Lipinski definition) is 1. The molecule has 0 saturated heterocycles. The highest BCUT2D eigenvalue weighted by atomic mass is 32.2. The third-order valence-electron chi connectivity index (χ3n) is 2.19. The molecule has 0 radical (unpaired) electrons. The number of nitrogens with zero attached hydrogens (tertiary/aromatic N) is 2. The summed E-state index contributed by atoms with van der Waals surface area (Å²) in [4.78, 5) is 16.7. The van der Waals surface area contributed by atoms with E-state index in [0.29, 0.717) is 11.4 Å². The van der Waals surface area contributed by atoms with E-state index in [0.717, 1.165) is 4.90 Å². The first kappa shape index (κ1) is 13.3. The van der Waals surface area contributed by atoms with Gasteiger partial charge in [-0.25, -0.2) is 5.43 Å². The van der Waals surface area contributed by atoms with Crippen molar-refractivity contribution >= 4 is 23.9 Å². The third kappa shape index (κ3) is 4.93. The van der Waals surface area contributed by atoms with Crippen LogP contribution in [0.1, 0.15) is 5.69 Å². The largest absolute Gasteiger partial charge is 0.272 e. The van der Waals surface area contributed by atoms with Gasteiger partial charge in [-0.05, 0) is 24.3 Å². The smallest absolute Gasteiger partial charge is 0.250 e. The van der Waals surface area contributed by atoms with Crippen LogP contribution in [0.25, 0.3) is 0 Å². The van der Waals surface area contributed by atoms with Gasteiger partial charge in [-0.1, -0.05) is 24.3 Å². The lowest BCUT2D eigenvalue weighted by Gasteiger charge is -2.00. The van der Waals surface area contributed by atoms with Gasteiger partial charge in [-0.2, -0.15) is 5.10 Å². The molecule has 1 amide bonds. The molecule has 0 aliphatic rings. The molecule has 2 aromatic rings. The van der Waals surface area contributed by atoms with Crippen LogP contribution in [0, 0.1) is 0 Å². The lowest BCUT2D eigenvalue weighted by atomic mass is 10.4. The van der Waals surface area contributed by atoms with Crippen LogP contribution in [0.5, 0.6) is 0 Å². The van der Waals surface area contributed by atoms with Crippen molar-refractivity contribution in [3.8, 4) is 0 Å². The van der Waals surface area contributed by atoms with Crippen molar-refractivity contribution in [1.29, 1.82) is 0 Å². The number of pyridine rings is 1. The summed E-state index contributed by atoms with van der Waals surface area (Å²) in [5.41, 5.74) is 3.18. The second-order valence-corrected chi connectivity index (χ2v) is 4.70. The fourth-order valence-electron chi connectivity index (χ4n) is 1.32. The van der Waals surface area contributed by atoms with Gasteiger partial charge in [0.2, 0.25) is 5.91 Å². The summed E-state index contributed by atoms with van der Waals surface area (Å²) in [5, 5.41) is 3.85. The number of amides is 1. The van der Waals surface area contributed by atoms with Crippen molar-refractivity contribution in [3.63, 3.8) is 0 Å². The second kappa shape index (κ2) is 7.33. The SMILES string of the molecule is O=C(CSc1ccccc1)N/N=C\c1ccccn1. The minimum atomic E-state index is -0.138. The van der Waals surface area contributed by atoms with Gasteiger partial charge in [0.15, 0.2) is 0 Å². The van der Waals surface area contributed by atoms with Gasteiger partial charge in [-0.3, -0.25) is 9.78 Å². The predicted molar refractivity (Wildman–Crippen MR) is 77.1 cm³/mol. The molecule has 1 N–H and O–H groups in total. The molecule has 0 saturated carbocycles. The molecular weight excluding hydrogens is 258 g/mol. The van der Waals surface area contributed by atoms with E-state index in [1.807, 2.05) is 48.5 Å². The number of hydrazone groups is 1. The van der Waals surface area contributed by atoms with Crippen LogP contribution >= 0.6 is 11.8 Å². The van der Waals surface area contributed by atoms with Gasteiger partial charge >= 0.3 is 0 Å². The fraction of sp³-hybridized carbons (Fsp3) is 0.0714. The number of benzene rings is 1. The maximum absolute atomic E-state index is 11.5. The summed E-state index contributed by atoms with van der Waals surface area (Å²) in [6.45, 7) is 0. The molecule has 19 heavy (non-hydrogen) atoms. The number of carbonyl (C=O) groups is 1. The zero-order valence-electron chi connectivity index (χ0n) is 10.2. The molecule has 0 unspecified atom stereocenters. The van der Waals surface area contributed by atoms with E-state index in [2.05, 4.69) is 15.5 Å². The fourth-order valence-corrected chi connectivity index (χ4v) is 2.03. The summed E-state index contributed by atoms with van der Waals surface area (Å²) in [5.74, 6) is 0.199. The van der Waals surface area contributed by atoms with E-state index >= 15 is 0 Å². The van der Waals surface area contributed by atoms with Crippen LogP contribution in [0.3, 0.4) is 0 Å². The molecule has 2 rings (SSSR count). The summed E-state index contributed by atoms with van der Waals surface area (Å²) in [6, 6.07) is 15.3. The van der Waals surface area contributed by atoms with Gasteiger partial charge in [0.1, 0.15) is 0 Å². The van der Waals surface area contributed by atoms with Gasteiger partial charge < -0.3 is 0 Å². The van der Waals surface area contributed by atoms with E-state index in [1.165, 1.54) is 18.0 Å². The molecule has 0 fully saturated rings. The van der Waals surface area contributed by atoms with Crippen LogP contribution in [-0.2, 0) is 4.79 Å². The summed E-state index contributed by atoms with van der Waals surface area (Å²) in [6.07, 6.45) is 3.19. The normalized spacial score (nSPS) is 10.5. The van der Waals surface area contributed by atoms with E-state index < -0.39 is 0 Å². The minimum absolute atomic E-state index is 0.138. The van der Waals surface area contributed by atoms with E-state index in [4.69, 9.17) is 0 Å². The summed E-state index contributed by atoms with van der Waals surface area (Å²) in [7, 11) is 0. The standard InChI is InChI=1S/C14H13N3OS/c18-14(11-19-13-7-2-1-3-8-13)17-16-10-12-6-4-5-9-15-12/h1-10H,11H2,(H,17,18)/b16-10-. The van der Waals surface area contributed by atoms with E-state index in [9.17, 15) is 4.79 Å². The Morgan fingerprint density at radius 3 is 2.74 bits per heavy atom. The number of nitrogens with one attached hydrogen (secondary N) is 1. The molecule has 0 aliphatic heterocycles. The third-order valence-corrected chi connectivity index (χ3v) is 3.20. The number of rotatable bonds is 5. The Kier molecular flexibility index (Phi) is 5.13. The number of carbonyl (C=O) groups excluding carboxylic acids is 1. The maximum Gasteiger partial charge on any atom is 0.250 e. The van der Waals surface area contributed by atoms with Crippen molar-refractivity contribution < 1.29 is 4.79 Å². The molecule has 1 aromatic carbocycles. The van der Waals surface area contributed by atoms with E-state index in [1.54, 1.807) is 6.20 Å². The predicted octanol–water partition coefficient (Wildman–Crippen LogP) is 2.32. The summed E-state index contributed by atoms with van der Waals surface area (Å²) >= 11 is 1.47. The van der Waals surface area contributed by atoms with E-state index in [-0.39, 0.29) is 5.91 Å². The molecule has 1 heterocycles. The van der Waals surface area contributed by atoms with Crippen LogP contribution < -0.4 is 5.43 Å². The van der Waals surface area contributed by atoms with Gasteiger partial charge in [-0.15, -0.1) is 11.8 Å². The highest BCUT2D eigenvalue weighted by molar-refractivity contribution is 8.00. The maximum atomic E-state index is 11.5. The molecule has 5 heteroatoms. The van der Waals surface area contributed by atoms with Gasteiger partial charge in [0.05, 0.1) is 17.7 Å². The van der Waals surface area contributed by atoms with Crippen molar-refractivity contribution in [2.45, 2.75) is 4.90 Å². The Morgan fingerprint density at radius 1 is 1.21 bits per heavy atom. The van der Waals surface area contributed by atoms with Crippen molar-refractivity contribution in [2.75, 3.05) is 5.75 Å². The molecule has 4 nitrogen and oxygen atoms in total. The monoisotopic (exact) mass is 271 g/mol.